The summed E-state index contributed by atoms with van der Waals surface area (Å²) < 4.78 is 8.47. The molecule has 1 aliphatic rings. The Morgan fingerprint density at radius 3 is 2.74 bits per heavy atom. The highest BCUT2D eigenvalue weighted by Crippen LogP contribution is 2.26. The van der Waals surface area contributed by atoms with Gasteiger partial charge in [0, 0.05) is 23.2 Å². The fourth-order valence-corrected chi connectivity index (χ4v) is 5.16. The summed E-state index contributed by atoms with van der Waals surface area (Å²) in [5.41, 5.74) is 4.21. The van der Waals surface area contributed by atoms with E-state index in [4.69, 9.17) is 9.72 Å². The predicted molar refractivity (Wildman–Crippen MR) is 142 cm³/mol. The predicted octanol–water partition coefficient (Wildman–Crippen LogP) is 5.33. The van der Waals surface area contributed by atoms with Gasteiger partial charge in [-0.15, -0.1) is 0 Å². The summed E-state index contributed by atoms with van der Waals surface area (Å²) in [7, 11) is 1.65. The van der Waals surface area contributed by atoms with Gasteiger partial charge in [0.05, 0.1) is 30.6 Å². The average Bonchev–Trinajstić information content (AvgIpc) is 3.25. The van der Waals surface area contributed by atoms with Crippen LogP contribution >= 0.6 is 15.9 Å². The molecule has 0 unspecified atom stereocenters. The number of methoxy groups -OCH3 is 1. The van der Waals surface area contributed by atoms with Crippen molar-refractivity contribution in [1.29, 1.82) is 0 Å². The van der Waals surface area contributed by atoms with Crippen LogP contribution in [0.4, 0.5) is 0 Å². The maximum Gasteiger partial charge on any atom is 0.224 e. The first-order chi connectivity index (χ1) is 17.1. The number of imidazole rings is 1. The first kappa shape index (κ1) is 23.6. The normalized spacial score (nSPS) is 16.3. The van der Waals surface area contributed by atoms with Gasteiger partial charge in [-0.1, -0.05) is 46.3 Å². The Morgan fingerprint density at radius 2 is 1.94 bits per heavy atom. The standard InChI is InChI=1S/C28H29BrN4O2/c1-35-24-13-11-20(12-14-24)17-30-28(34)21-6-5-15-32(18-21)19-27-31-25-9-2-3-10-26(25)33(27)23-8-4-7-22(29)16-23/h2-4,7-14,16,21H,5-6,15,17-19H2,1H3,(H,30,34)/t21-/m0/s1. The Kier molecular flexibility index (Phi) is 7.16. The Balaban J connectivity index is 1.29. The highest BCUT2D eigenvalue weighted by atomic mass is 79.9. The van der Waals surface area contributed by atoms with Crippen LogP contribution in [0.5, 0.6) is 5.75 Å². The molecule has 35 heavy (non-hydrogen) atoms. The molecule has 0 aliphatic carbocycles. The number of benzene rings is 3. The lowest BCUT2D eigenvalue weighted by atomic mass is 9.97. The zero-order chi connectivity index (χ0) is 24.2. The number of ether oxygens (including phenoxy) is 1. The number of para-hydroxylation sites is 2. The number of carbonyl (C=O) groups is 1. The summed E-state index contributed by atoms with van der Waals surface area (Å²) in [6, 6.07) is 24.3. The minimum Gasteiger partial charge on any atom is -0.497 e. The zero-order valence-electron chi connectivity index (χ0n) is 19.8. The third-order valence-corrected chi connectivity index (χ3v) is 7.06. The summed E-state index contributed by atoms with van der Waals surface area (Å²) in [5, 5.41) is 3.12. The van der Waals surface area contributed by atoms with E-state index in [1.165, 1.54) is 0 Å². The van der Waals surface area contributed by atoms with E-state index in [1.54, 1.807) is 7.11 Å². The van der Waals surface area contributed by atoms with Crippen LogP contribution in [0.2, 0.25) is 0 Å². The number of piperidine rings is 1. The monoisotopic (exact) mass is 532 g/mol. The molecule has 0 radical (unpaired) electrons. The number of hydrogen-bond acceptors (Lipinski definition) is 4. The molecule has 0 bridgehead atoms. The minimum atomic E-state index is -0.0225. The molecule has 3 aromatic carbocycles. The Hall–Kier alpha value is -3.16. The maximum atomic E-state index is 13.0. The second-order valence-electron chi connectivity index (χ2n) is 8.97. The van der Waals surface area contributed by atoms with E-state index in [1.807, 2.05) is 48.5 Å². The average molecular weight is 533 g/mol. The minimum absolute atomic E-state index is 0.0225. The van der Waals surface area contributed by atoms with E-state index in [-0.39, 0.29) is 11.8 Å². The lowest BCUT2D eigenvalue weighted by molar-refractivity contribution is -0.127. The molecule has 2 heterocycles. The number of nitrogens with zero attached hydrogens (tertiary/aromatic N) is 3. The fourth-order valence-electron chi connectivity index (χ4n) is 4.78. The summed E-state index contributed by atoms with van der Waals surface area (Å²) in [6.45, 7) is 2.92. The Bertz CT molecular complexity index is 1320. The molecule has 1 atom stereocenters. The number of fused-ring (bicyclic) bond motifs is 1. The number of hydrogen-bond donors (Lipinski definition) is 1. The maximum absolute atomic E-state index is 13.0. The van der Waals surface area contributed by atoms with Gasteiger partial charge in [0.2, 0.25) is 5.91 Å². The first-order valence-electron chi connectivity index (χ1n) is 12.0. The van der Waals surface area contributed by atoms with Crippen molar-refractivity contribution in [3.63, 3.8) is 0 Å². The number of carbonyl (C=O) groups excluding carboxylic acids is 1. The van der Waals surface area contributed by atoms with E-state index < -0.39 is 0 Å². The van der Waals surface area contributed by atoms with Gasteiger partial charge in [0.15, 0.2) is 0 Å². The zero-order valence-corrected chi connectivity index (χ0v) is 21.4. The van der Waals surface area contributed by atoms with Gasteiger partial charge < -0.3 is 10.1 Å². The van der Waals surface area contributed by atoms with E-state index in [0.29, 0.717) is 13.1 Å². The molecule has 6 nitrogen and oxygen atoms in total. The third kappa shape index (κ3) is 5.41. The van der Waals surface area contributed by atoms with Gasteiger partial charge in [-0.25, -0.2) is 4.98 Å². The van der Waals surface area contributed by atoms with E-state index >= 15 is 0 Å². The third-order valence-electron chi connectivity index (χ3n) is 6.56. The molecular formula is C28H29BrN4O2. The molecule has 1 fully saturated rings. The number of amides is 1. The Morgan fingerprint density at radius 1 is 1.11 bits per heavy atom. The lowest BCUT2D eigenvalue weighted by Gasteiger charge is -2.31. The van der Waals surface area contributed by atoms with Crippen molar-refractivity contribution in [2.75, 3.05) is 20.2 Å². The van der Waals surface area contributed by atoms with Crippen LogP contribution in [0.15, 0.2) is 77.3 Å². The highest BCUT2D eigenvalue weighted by molar-refractivity contribution is 9.10. The van der Waals surface area contributed by atoms with Crippen LogP contribution < -0.4 is 10.1 Å². The van der Waals surface area contributed by atoms with E-state index in [0.717, 1.165) is 64.3 Å². The van der Waals surface area contributed by atoms with Crippen LogP contribution in [0, 0.1) is 5.92 Å². The van der Waals surface area contributed by atoms with Crippen LogP contribution in [0.1, 0.15) is 24.2 Å². The molecule has 0 spiro atoms. The van der Waals surface area contributed by atoms with Gasteiger partial charge in [-0.3, -0.25) is 14.3 Å². The van der Waals surface area contributed by atoms with Crippen molar-refractivity contribution in [3.05, 3.63) is 88.7 Å². The van der Waals surface area contributed by atoms with Gasteiger partial charge in [-0.2, -0.15) is 0 Å². The second kappa shape index (κ2) is 10.6. The van der Waals surface area contributed by atoms with Crippen molar-refractivity contribution in [3.8, 4) is 11.4 Å². The number of halogens is 1. The molecule has 5 rings (SSSR count). The van der Waals surface area contributed by atoms with E-state index in [9.17, 15) is 4.79 Å². The van der Waals surface area contributed by atoms with Crippen molar-refractivity contribution in [2.45, 2.75) is 25.9 Å². The van der Waals surface area contributed by atoms with Crippen LogP contribution in [-0.2, 0) is 17.9 Å². The molecule has 1 saturated heterocycles. The number of rotatable bonds is 7. The largest absolute Gasteiger partial charge is 0.497 e. The van der Waals surface area contributed by atoms with Crippen LogP contribution in [-0.4, -0.2) is 40.6 Å². The fraction of sp³-hybridized carbons (Fsp3) is 0.286. The Labute approximate surface area is 214 Å². The molecule has 1 N–H and O–H groups in total. The SMILES string of the molecule is COc1ccc(CNC(=O)[C@H]2CCCN(Cc3nc4ccccc4n3-c3cccc(Br)c3)C2)cc1. The number of aromatic nitrogens is 2. The van der Waals surface area contributed by atoms with Gasteiger partial charge >= 0.3 is 0 Å². The summed E-state index contributed by atoms with van der Waals surface area (Å²) in [5.74, 6) is 1.90. The smallest absolute Gasteiger partial charge is 0.224 e. The van der Waals surface area contributed by atoms with Gasteiger partial charge in [0.1, 0.15) is 11.6 Å². The van der Waals surface area contributed by atoms with Crippen molar-refractivity contribution in [1.82, 2.24) is 19.8 Å². The lowest BCUT2D eigenvalue weighted by Crippen LogP contribution is -2.42. The molecule has 180 valence electrons. The second-order valence-corrected chi connectivity index (χ2v) is 9.89. The van der Waals surface area contributed by atoms with E-state index in [2.05, 4.69) is 55.0 Å². The van der Waals surface area contributed by atoms with Gasteiger partial charge in [-0.05, 0) is 67.4 Å². The number of likely N-dealkylation sites (tertiary alicyclic amines) is 1. The summed E-state index contributed by atoms with van der Waals surface area (Å²) in [6.07, 6.45) is 1.91. The van der Waals surface area contributed by atoms with Crippen molar-refractivity contribution < 1.29 is 9.53 Å². The topological polar surface area (TPSA) is 59.4 Å². The summed E-state index contributed by atoms with van der Waals surface area (Å²) in [4.78, 5) is 20.3. The van der Waals surface area contributed by atoms with Crippen LogP contribution in [0.3, 0.4) is 0 Å². The molecular weight excluding hydrogens is 504 g/mol. The molecule has 1 aliphatic heterocycles. The summed E-state index contributed by atoms with van der Waals surface area (Å²) >= 11 is 3.60. The van der Waals surface area contributed by atoms with Crippen molar-refractivity contribution >= 4 is 32.9 Å². The van der Waals surface area contributed by atoms with Crippen LogP contribution in [0.25, 0.3) is 16.7 Å². The first-order valence-corrected chi connectivity index (χ1v) is 12.8. The molecule has 4 aromatic rings. The number of nitrogens with one attached hydrogen (secondary N) is 1. The highest BCUT2D eigenvalue weighted by Gasteiger charge is 2.27. The van der Waals surface area contributed by atoms with Crippen molar-refractivity contribution in [2.24, 2.45) is 5.92 Å². The van der Waals surface area contributed by atoms with Gasteiger partial charge in [0.25, 0.3) is 0 Å². The molecule has 7 heteroatoms. The molecule has 1 amide bonds. The molecule has 1 aromatic heterocycles. The molecule has 0 saturated carbocycles. The quantitative estimate of drug-likeness (QED) is 0.349.